The van der Waals surface area contributed by atoms with Gasteiger partial charge in [-0.05, 0) is 92.2 Å². The average Bonchev–Trinajstić information content (AvgIpc) is 3.64. The molecule has 0 N–H and O–H groups in total. The second-order valence-electron chi connectivity index (χ2n) is 13.7. The summed E-state index contributed by atoms with van der Waals surface area (Å²) in [4.78, 5) is 2.49. The lowest BCUT2D eigenvalue weighted by Gasteiger charge is -2.29. The molecule has 0 atom stereocenters. The van der Waals surface area contributed by atoms with E-state index in [0.29, 0.717) is 0 Å². The van der Waals surface area contributed by atoms with Crippen molar-refractivity contribution in [3.63, 3.8) is 0 Å². The monoisotopic (exact) mass is 705 g/mol. The topological polar surface area (TPSA) is 3.24 Å². The molecule has 54 heavy (non-hydrogen) atoms. The molecule has 0 saturated heterocycles. The zero-order chi connectivity index (χ0) is 35.8. The molecule has 1 aromatic heterocycles. The third-order valence-corrected chi connectivity index (χ3v) is 11.6. The van der Waals surface area contributed by atoms with Crippen LogP contribution in [-0.4, -0.2) is 0 Å². The van der Waals surface area contributed by atoms with E-state index in [1.165, 1.54) is 75.5 Å². The molecule has 0 radical (unpaired) electrons. The summed E-state index contributed by atoms with van der Waals surface area (Å²) in [7, 11) is 0. The molecule has 0 aliphatic heterocycles. The predicted octanol–water partition coefficient (Wildman–Crippen LogP) is 15.3. The van der Waals surface area contributed by atoms with E-state index < -0.39 is 0 Å². The lowest BCUT2D eigenvalue weighted by molar-refractivity contribution is 1.30. The molecule has 1 nitrogen and oxygen atoms in total. The van der Waals surface area contributed by atoms with Crippen molar-refractivity contribution in [1.82, 2.24) is 0 Å². The van der Waals surface area contributed by atoms with Gasteiger partial charge < -0.3 is 4.90 Å². The Labute approximate surface area is 319 Å². The van der Waals surface area contributed by atoms with Crippen LogP contribution >= 0.6 is 11.3 Å². The molecule has 0 unspecified atom stereocenters. The molecule has 0 bridgehead atoms. The number of rotatable bonds is 7. The standard InChI is InChI=1S/C52H35NS/c1-2-17-37(18-3-1)42-22-6-7-23-43(42)44-24-8-9-25-45(44)46-26-10-12-28-48(46)53(49-29-15-31-51-52(49)47-27-11-13-30-50(47)54-51)41-21-14-20-39(35-41)40-33-32-36-16-4-5-19-38(36)34-40/h1-35H. The molecule has 10 aromatic rings. The van der Waals surface area contributed by atoms with Gasteiger partial charge in [-0.1, -0.05) is 170 Å². The number of fused-ring (bicyclic) bond motifs is 4. The highest BCUT2D eigenvalue weighted by molar-refractivity contribution is 7.26. The van der Waals surface area contributed by atoms with Gasteiger partial charge in [0.05, 0.1) is 11.4 Å². The molecule has 0 amide bonds. The summed E-state index contributed by atoms with van der Waals surface area (Å²) in [6, 6.07) is 77.2. The summed E-state index contributed by atoms with van der Waals surface area (Å²) >= 11 is 1.86. The fourth-order valence-electron chi connectivity index (χ4n) is 7.98. The number of anilines is 3. The van der Waals surface area contributed by atoms with Crippen molar-refractivity contribution in [2.75, 3.05) is 4.90 Å². The van der Waals surface area contributed by atoms with E-state index in [9.17, 15) is 0 Å². The number of hydrogen-bond donors (Lipinski definition) is 0. The molecular weight excluding hydrogens is 671 g/mol. The van der Waals surface area contributed by atoms with Gasteiger partial charge in [-0.25, -0.2) is 0 Å². The van der Waals surface area contributed by atoms with Gasteiger partial charge in [0, 0.05) is 31.4 Å². The molecule has 9 aromatic carbocycles. The maximum atomic E-state index is 2.49. The predicted molar refractivity (Wildman–Crippen MR) is 233 cm³/mol. The van der Waals surface area contributed by atoms with Crippen LogP contribution in [0.5, 0.6) is 0 Å². The molecular formula is C52H35NS. The minimum absolute atomic E-state index is 1.11. The fraction of sp³-hybridized carbons (Fsp3) is 0. The summed E-state index contributed by atoms with van der Waals surface area (Å²) in [5, 5.41) is 5.03. The van der Waals surface area contributed by atoms with Crippen LogP contribution in [0.2, 0.25) is 0 Å². The summed E-state index contributed by atoms with van der Waals surface area (Å²) < 4.78 is 2.57. The molecule has 0 spiro atoms. The minimum Gasteiger partial charge on any atom is -0.309 e. The smallest absolute Gasteiger partial charge is 0.0555 e. The highest BCUT2D eigenvalue weighted by Gasteiger charge is 2.23. The molecule has 0 aliphatic carbocycles. The van der Waals surface area contributed by atoms with Crippen molar-refractivity contribution < 1.29 is 0 Å². The molecule has 0 aliphatic rings. The van der Waals surface area contributed by atoms with Gasteiger partial charge in [-0.15, -0.1) is 11.3 Å². The van der Waals surface area contributed by atoms with E-state index in [2.05, 4.69) is 217 Å². The van der Waals surface area contributed by atoms with Crippen LogP contribution in [0.3, 0.4) is 0 Å². The van der Waals surface area contributed by atoms with Crippen molar-refractivity contribution in [3.05, 3.63) is 212 Å². The average molecular weight is 706 g/mol. The third kappa shape index (κ3) is 5.65. The first kappa shape index (κ1) is 32.0. The number of para-hydroxylation sites is 1. The molecule has 0 fully saturated rings. The Morgan fingerprint density at radius 3 is 1.70 bits per heavy atom. The first-order valence-corrected chi connectivity index (χ1v) is 19.2. The van der Waals surface area contributed by atoms with Gasteiger partial charge in [0.25, 0.3) is 0 Å². The van der Waals surface area contributed by atoms with Crippen LogP contribution in [0.15, 0.2) is 212 Å². The van der Waals surface area contributed by atoms with Crippen LogP contribution in [0, 0.1) is 0 Å². The van der Waals surface area contributed by atoms with Gasteiger partial charge in [-0.3, -0.25) is 0 Å². The third-order valence-electron chi connectivity index (χ3n) is 10.5. The van der Waals surface area contributed by atoms with E-state index in [0.717, 1.165) is 17.1 Å². The summed E-state index contributed by atoms with van der Waals surface area (Å²) in [5.74, 6) is 0. The van der Waals surface area contributed by atoms with E-state index >= 15 is 0 Å². The van der Waals surface area contributed by atoms with Crippen LogP contribution in [0.1, 0.15) is 0 Å². The van der Waals surface area contributed by atoms with Crippen molar-refractivity contribution in [1.29, 1.82) is 0 Å². The summed E-state index contributed by atoms with van der Waals surface area (Å²) in [5.41, 5.74) is 13.0. The molecule has 1 heterocycles. The number of benzene rings is 9. The Balaban J connectivity index is 1.22. The largest absolute Gasteiger partial charge is 0.309 e. The second kappa shape index (κ2) is 13.7. The van der Waals surface area contributed by atoms with Crippen LogP contribution in [0.25, 0.3) is 75.5 Å². The van der Waals surface area contributed by atoms with E-state index in [4.69, 9.17) is 0 Å². The Bertz CT molecular complexity index is 2960. The summed E-state index contributed by atoms with van der Waals surface area (Å²) in [6.45, 7) is 0. The van der Waals surface area contributed by atoms with Crippen LogP contribution in [-0.2, 0) is 0 Å². The van der Waals surface area contributed by atoms with Crippen molar-refractivity contribution in [3.8, 4) is 44.5 Å². The Morgan fingerprint density at radius 2 is 0.870 bits per heavy atom. The second-order valence-corrected chi connectivity index (χ2v) is 14.8. The van der Waals surface area contributed by atoms with E-state index in [1.54, 1.807) is 0 Å². The first-order chi connectivity index (χ1) is 26.8. The van der Waals surface area contributed by atoms with Gasteiger partial charge >= 0.3 is 0 Å². The quantitative estimate of drug-likeness (QED) is 0.160. The van der Waals surface area contributed by atoms with Crippen LogP contribution < -0.4 is 4.90 Å². The number of hydrogen-bond acceptors (Lipinski definition) is 2. The molecule has 0 saturated carbocycles. The molecule has 2 heteroatoms. The first-order valence-electron chi connectivity index (χ1n) is 18.4. The van der Waals surface area contributed by atoms with Gasteiger partial charge in [0.2, 0.25) is 0 Å². The van der Waals surface area contributed by atoms with Gasteiger partial charge in [0.1, 0.15) is 0 Å². The summed E-state index contributed by atoms with van der Waals surface area (Å²) in [6.07, 6.45) is 0. The van der Waals surface area contributed by atoms with E-state index in [-0.39, 0.29) is 0 Å². The lowest BCUT2D eigenvalue weighted by Crippen LogP contribution is -2.12. The Kier molecular flexibility index (Phi) is 8.09. The number of thiophene rings is 1. The van der Waals surface area contributed by atoms with Gasteiger partial charge in [0.15, 0.2) is 0 Å². The zero-order valence-corrected chi connectivity index (χ0v) is 30.4. The van der Waals surface area contributed by atoms with Crippen molar-refractivity contribution >= 4 is 59.3 Å². The van der Waals surface area contributed by atoms with E-state index in [1.807, 2.05) is 11.3 Å². The highest BCUT2D eigenvalue weighted by atomic mass is 32.1. The number of nitrogens with zero attached hydrogens (tertiary/aromatic N) is 1. The highest BCUT2D eigenvalue weighted by Crippen LogP contribution is 2.49. The fourth-order valence-corrected chi connectivity index (χ4v) is 9.11. The normalized spacial score (nSPS) is 11.3. The minimum atomic E-state index is 1.11. The Hall–Kier alpha value is -6.74. The maximum absolute atomic E-state index is 2.49. The van der Waals surface area contributed by atoms with Gasteiger partial charge in [-0.2, -0.15) is 0 Å². The van der Waals surface area contributed by atoms with Crippen molar-refractivity contribution in [2.45, 2.75) is 0 Å². The molecule has 10 rings (SSSR count). The van der Waals surface area contributed by atoms with Crippen LogP contribution in [0.4, 0.5) is 17.1 Å². The zero-order valence-electron chi connectivity index (χ0n) is 29.6. The van der Waals surface area contributed by atoms with Crippen molar-refractivity contribution in [2.24, 2.45) is 0 Å². The SMILES string of the molecule is c1ccc(-c2ccccc2-c2ccccc2-c2ccccc2N(c2cccc(-c3ccc4ccccc4c3)c2)c2cccc3sc4ccccc4c23)cc1. The molecule has 254 valence electrons. The maximum Gasteiger partial charge on any atom is 0.0555 e. The Morgan fingerprint density at radius 1 is 0.315 bits per heavy atom. The lowest BCUT2D eigenvalue weighted by atomic mass is 9.88.